The van der Waals surface area contributed by atoms with Crippen LogP contribution >= 0.6 is 0 Å². The maximum atomic E-state index is 2.40. The Morgan fingerprint density at radius 2 is 1.04 bits per heavy atom. The molecule has 0 aromatic heterocycles. The highest BCUT2D eigenvalue weighted by atomic mass is 15.1. The maximum absolute atomic E-state index is 2.40. The van der Waals surface area contributed by atoms with Crippen molar-refractivity contribution in [2.24, 2.45) is 0 Å². The number of anilines is 2. The van der Waals surface area contributed by atoms with Crippen molar-refractivity contribution in [2.75, 3.05) is 11.9 Å². The molecule has 0 bridgehead atoms. The fraction of sp³-hybridized carbons (Fsp3) is 0.167. The Morgan fingerprint density at radius 3 is 1.52 bits per heavy atom. The fourth-order valence-electron chi connectivity index (χ4n) is 4.50. The van der Waals surface area contributed by atoms with Gasteiger partial charge in [-0.15, -0.1) is 0 Å². The van der Waals surface area contributed by atoms with Gasteiger partial charge in [0.25, 0.3) is 0 Å². The van der Waals surface area contributed by atoms with E-state index < -0.39 is 0 Å². The lowest BCUT2D eigenvalue weighted by molar-refractivity contribution is 0.632. The molecule has 5 rings (SSSR count). The molecule has 0 atom stereocenters. The highest BCUT2D eigenvalue weighted by Crippen LogP contribution is 2.52. The Balaban J connectivity index is 1.95. The number of hydrogen-bond acceptors (Lipinski definition) is 1. The standard InChI is InChI=1S/C24H21N/c1-24(2)20-14-12-16-8-4-6-10-18(16)22(20)25(3)23-19-11-7-5-9-17(19)13-15-21(23)24/h4-15H,1-3H3. The van der Waals surface area contributed by atoms with Crippen LogP contribution in [-0.4, -0.2) is 7.05 Å². The third-order valence-electron chi connectivity index (χ3n) is 5.82. The summed E-state index contributed by atoms with van der Waals surface area (Å²) in [6.45, 7) is 4.70. The predicted octanol–water partition coefficient (Wildman–Crippen LogP) is 6.40. The average molecular weight is 323 g/mol. The van der Waals surface area contributed by atoms with Crippen molar-refractivity contribution in [2.45, 2.75) is 19.3 Å². The predicted molar refractivity (Wildman–Crippen MR) is 108 cm³/mol. The molecule has 1 aliphatic rings. The summed E-state index contributed by atoms with van der Waals surface area (Å²) in [6, 6.07) is 26.6. The molecule has 1 nitrogen and oxygen atoms in total. The molecule has 122 valence electrons. The summed E-state index contributed by atoms with van der Waals surface area (Å²) < 4.78 is 0. The molecule has 0 aliphatic carbocycles. The molecule has 25 heavy (non-hydrogen) atoms. The van der Waals surface area contributed by atoms with Crippen molar-refractivity contribution in [3.05, 3.63) is 83.9 Å². The van der Waals surface area contributed by atoms with E-state index in [1.807, 2.05) is 0 Å². The van der Waals surface area contributed by atoms with E-state index in [0.29, 0.717) is 0 Å². The van der Waals surface area contributed by atoms with Crippen LogP contribution in [0.15, 0.2) is 72.8 Å². The Kier molecular flexibility index (Phi) is 2.82. The fourth-order valence-corrected chi connectivity index (χ4v) is 4.50. The molecule has 0 amide bonds. The monoisotopic (exact) mass is 323 g/mol. The van der Waals surface area contributed by atoms with Gasteiger partial charge in [-0.2, -0.15) is 0 Å². The molecule has 1 heteroatoms. The quantitative estimate of drug-likeness (QED) is 0.362. The zero-order valence-electron chi connectivity index (χ0n) is 14.9. The molecule has 4 aromatic rings. The topological polar surface area (TPSA) is 3.24 Å². The van der Waals surface area contributed by atoms with Crippen LogP contribution in [0.2, 0.25) is 0 Å². The first-order valence-corrected chi connectivity index (χ1v) is 8.87. The van der Waals surface area contributed by atoms with Crippen molar-refractivity contribution >= 4 is 32.9 Å². The van der Waals surface area contributed by atoms with E-state index in [9.17, 15) is 0 Å². The summed E-state index contributed by atoms with van der Waals surface area (Å²) in [5.41, 5.74) is 5.46. The molecule has 0 saturated heterocycles. The van der Waals surface area contributed by atoms with Gasteiger partial charge in [-0.3, -0.25) is 0 Å². The minimum atomic E-state index is -0.0226. The largest absolute Gasteiger partial charge is 0.343 e. The number of hydrogen-bond donors (Lipinski definition) is 0. The van der Waals surface area contributed by atoms with Crippen LogP contribution in [0.25, 0.3) is 21.5 Å². The molecule has 0 radical (unpaired) electrons. The second-order valence-corrected chi connectivity index (χ2v) is 7.55. The van der Waals surface area contributed by atoms with E-state index >= 15 is 0 Å². The third-order valence-corrected chi connectivity index (χ3v) is 5.82. The van der Waals surface area contributed by atoms with Gasteiger partial charge in [0.05, 0.1) is 11.4 Å². The smallest absolute Gasteiger partial charge is 0.0529 e. The van der Waals surface area contributed by atoms with Crippen molar-refractivity contribution in [3.63, 3.8) is 0 Å². The molecular formula is C24H21N. The highest BCUT2D eigenvalue weighted by Gasteiger charge is 2.36. The van der Waals surface area contributed by atoms with Crippen LogP contribution in [0.3, 0.4) is 0 Å². The minimum Gasteiger partial charge on any atom is -0.343 e. The molecule has 0 saturated carbocycles. The number of nitrogens with zero attached hydrogens (tertiary/aromatic N) is 1. The molecule has 0 unspecified atom stereocenters. The van der Waals surface area contributed by atoms with Crippen LogP contribution in [-0.2, 0) is 5.41 Å². The molecular weight excluding hydrogens is 302 g/mol. The zero-order chi connectivity index (χ0) is 17.2. The van der Waals surface area contributed by atoms with Crippen molar-refractivity contribution in [1.82, 2.24) is 0 Å². The highest BCUT2D eigenvalue weighted by molar-refractivity contribution is 6.06. The molecule has 0 fully saturated rings. The first-order chi connectivity index (χ1) is 12.1. The van der Waals surface area contributed by atoms with Crippen LogP contribution in [0.1, 0.15) is 25.0 Å². The molecule has 0 N–H and O–H groups in total. The van der Waals surface area contributed by atoms with Gasteiger partial charge in [-0.25, -0.2) is 0 Å². The van der Waals surface area contributed by atoms with Crippen LogP contribution in [0.4, 0.5) is 11.4 Å². The molecule has 1 aliphatic heterocycles. The van der Waals surface area contributed by atoms with Crippen molar-refractivity contribution < 1.29 is 0 Å². The zero-order valence-corrected chi connectivity index (χ0v) is 14.9. The molecule has 1 heterocycles. The van der Waals surface area contributed by atoms with Crippen molar-refractivity contribution in [3.8, 4) is 0 Å². The van der Waals surface area contributed by atoms with E-state index in [2.05, 4.69) is 98.6 Å². The second-order valence-electron chi connectivity index (χ2n) is 7.55. The Bertz CT molecular complexity index is 1050. The van der Waals surface area contributed by atoms with Crippen LogP contribution < -0.4 is 4.90 Å². The van der Waals surface area contributed by atoms with Gasteiger partial charge in [0.2, 0.25) is 0 Å². The SMILES string of the molecule is CN1c2c(ccc3ccccc23)C(C)(C)c2ccc3ccccc3c21. The van der Waals surface area contributed by atoms with Gasteiger partial charge < -0.3 is 4.90 Å². The Morgan fingerprint density at radius 1 is 0.600 bits per heavy atom. The van der Waals surface area contributed by atoms with Crippen LogP contribution in [0.5, 0.6) is 0 Å². The number of rotatable bonds is 0. The number of fused-ring (bicyclic) bond motifs is 6. The van der Waals surface area contributed by atoms with E-state index in [1.54, 1.807) is 0 Å². The lowest BCUT2D eigenvalue weighted by atomic mass is 9.72. The van der Waals surface area contributed by atoms with Crippen molar-refractivity contribution in [1.29, 1.82) is 0 Å². The maximum Gasteiger partial charge on any atom is 0.0529 e. The molecule has 0 spiro atoms. The first kappa shape index (κ1) is 14.5. The lowest BCUT2D eigenvalue weighted by Crippen LogP contribution is -2.31. The minimum absolute atomic E-state index is 0.0226. The third kappa shape index (κ3) is 1.84. The van der Waals surface area contributed by atoms with Gasteiger partial charge in [-0.05, 0) is 21.9 Å². The van der Waals surface area contributed by atoms with Gasteiger partial charge in [0.1, 0.15) is 0 Å². The Labute approximate surface area is 148 Å². The summed E-state index contributed by atoms with van der Waals surface area (Å²) in [5, 5.41) is 5.25. The van der Waals surface area contributed by atoms with Crippen LogP contribution in [0, 0.1) is 0 Å². The summed E-state index contributed by atoms with van der Waals surface area (Å²) in [7, 11) is 2.21. The summed E-state index contributed by atoms with van der Waals surface area (Å²) in [4.78, 5) is 2.40. The number of benzene rings is 4. The van der Waals surface area contributed by atoms with E-state index in [1.165, 1.54) is 44.0 Å². The van der Waals surface area contributed by atoms with Gasteiger partial charge >= 0.3 is 0 Å². The molecule has 4 aromatic carbocycles. The first-order valence-electron chi connectivity index (χ1n) is 8.87. The van der Waals surface area contributed by atoms with Gasteiger partial charge in [0, 0.05) is 23.2 Å². The summed E-state index contributed by atoms with van der Waals surface area (Å²) in [5.74, 6) is 0. The van der Waals surface area contributed by atoms with Gasteiger partial charge in [0.15, 0.2) is 0 Å². The summed E-state index contributed by atoms with van der Waals surface area (Å²) >= 11 is 0. The van der Waals surface area contributed by atoms with Gasteiger partial charge in [-0.1, -0.05) is 86.6 Å². The van der Waals surface area contributed by atoms with E-state index in [0.717, 1.165) is 0 Å². The second kappa shape index (κ2) is 4.86. The normalized spacial score (nSPS) is 15.2. The van der Waals surface area contributed by atoms with E-state index in [-0.39, 0.29) is 5.41 Å². The average Bonchev–Trinajstić information content (AvgIpc) is 2.64. The lowest BCUT2D eigenvalue weighted by Gasteiger charge is -2.41. The summed E-state index contributed by atoms with van der Waals surface area (Å²) in [6.07, 6.45) is 0. The Hall–Kier alpha value is -2.80. The van der Waals surface area contributed by atoms with E-state index in [4.69, 9.17) is 0 Å².